The highest BCUT2D eigenvalue weighted by atomic mass is 127. The van der Waals surface area contributed by atoms with Crippen molar-refractivity contribution in [1.82, 2.24) is 20.5 Å². The third kappa shape index (κ3) is 6.81. The van der Waals surface area contributed by atoms with Gasteiger partial charge < -0.3 is 15.5 Å². The largest absolute Gasteiger partial charge is 0.357 e. The fraction of sp³-hybridized carbons (Fsp3) is 0.520. The number of hydrogen-bond acceptors (Lipinski definition) is 4. The van der Waals surface area contributed by atoms with Crippen LogP contribution < -0.4 is 15.5 Å². The molecule has 2 aliphatic rings. The van der Waals surface area contributed by atoms with Crippen molar-refractivity contribution < 1.29 is 0 Å². The highest BCUT2D eigenvalue weighted by molar-refractivity contribution is 14.0. The number of halogens is 1. The Bertz CT molecular complexity index is 835. The summed E-state index contributed by atoms with van der Waals surface area (Å²) < 4.78 is 0. The van der Waals surface area contributed by atoms with Gasteiger partial charge in [-0.05, 0) is 50.3 Å². The summed E-state index contributed by atoms with van der Waals surface area (Å²) in [5.41, 5.74) is 2.52. The van der Waals surface area contributed by atoms with Crippen LogP contribution in [0.3, 0.4) is 0 Å². The van der Waals surface area contributed by atoms with Gasteiger partial charge in [-0.1, -0.05) is 36.4 Å². The number of hydrogen-bond donors (Lipinski definition) is 2. The molecule has 3 heterocycles. The van der Waals surface area contributed by atoms with Gasteiger partial charge in [-0.2, -0.15) is 0 Å². The second-order valence-electron chi connectivity index (χ2n) is 8.75. The van der Waals surface area contributed by atoms with Gasteiger partial charge in [0.1, 0.15) is 5.82 Å². The molecule has 1 aromatic heterocycles. The van der Waals surface area contributed by atoms with Gasteiger partial charge in [-0.15, -0.1) is 24.0 Å². The predicted octanol–water partition coefficient (Wildman–Crippen LogP) is 4.02. The van der Waals surface area contributed by atoms with E-state index in [0.29, 0.717) is 18.6 Å². The van der Waals surface area contributed by atoms with Crippen molar-refractivity contribution >= 4 is 35.8 Å². The maximum atomic E-state index is 4.83. The molecule has 2 unspecified atom stereocenters. The van der Waals surface area contributed by atoms with Crippen LogP contribution in [0.25, 0.3) is 0 Å². The highest BCUT2D eigenvalue weighted by Crippen LogP contribution is 2.20. The second-order valence-corrected chi connectivity index (χ2v) is 8.75. The van der Waals surface area contributed by atoms with Crippen LogP contribution in [-0.4, -0.2) is 54.1 Å². The van der Waals surface area contributed by atoms with Crippen molar-refractivity contribution in [2.24, 2.45) is 4.99 Å². The highest BCUT2D eigenvalue weighted by Gasteiger charge is 2.29. The number of guanidine groups is 1. The molecule has 2 aromatic rings. The lowest BCUT2D eigenvalue weighted by Crippen LogP contribution is -2.44. The third-order valence-corrected chi connectivity index (χ3v) is 6.28. The lowest BCUT2D eigenvalue weighted by Gasteiger charge is -2.21. The van der Waals surface area contributed by atoms with E-state index in [1.807, 2.05) is 6.20 Å². The SMILES string of the molecule is CCNC(=NCc1ccc(N2CCCC2)nc1)NC1CC(C)N(Cc2ccccc2)C1.I. The Morgan fingerprint density at radius 2 is 1.88 bits per heavy atom. The zero-order valence-electron chi connectivity index (χ0n) is 19.3. The van der Waals surface area contributed by atoms with Gasteiger partial charge in [0, 0.05) is 51.0 Å². The molecule has 0 saturated carbocycles. The number of benzene rings is 1. The number of rotatable bonds is 7. The Morgan fingerprint density at radius 1 is 1.09 bits per heavy atom. The molecule has 0 bridgehead atoms. The molecule has 0 aliphatic carbocycles. The van der Waals surface area contributed by atoms with Crippen LogP contribution in [0.2, 0.25) is 0 Å². The molecule has 7 heteroatoms. The molecule has 0 radical (unpaired) electrons. The Hall–Kier alpha value is -1.87. The van der Waals surface area contributed by atoms with E-state index in [4.69, 9.17) is 4.99 Å². The molecule has 2 aliphatic heterocycles. The van der Waals surface area contributed by atoms with E-state index < -0.39 is 0 Å². The van der Waals surface area contributed by atoms with Gasteiger partial charge in [0.05, 0.1) is 6.54 Å². The fourth-order valence-electron chi connectivity index (χ4n) is 4.57. The molecule has 174 valence electrons. The van der Waals surface area contributed by atoms with Crippen LogP contribution in [0.4, 0.5) is 5.82 Å². The molecule has 0 spiro atoms. The maximum Gasteiger partial charge on any atom is 0.191 e. The van der Waals surface area contributed by atoms with Crippen LogP contribution in [0.15, 0.2) is 53.7 Å². The van der Waals surface area contributed by atoms with E-state index in [-0.39, 0.29) is 24.0 Å². The first-order valence-electron chi connectivity index (χ1n) is 11.7. The molecule has 4 rings (SSSR count). The zero-order chi connectivity index (χ0) is 21.5. The molecule has 2 N–H and O–H groups in total. The van der Waals surface area contributed by atoms with Crippen molar-refractivity contribution in [3.8, 4) is 0 Å². The first-order valence-corrected chi connectivity index (χ1v) is 11.7. The summed E-state index contributed by atoms with van der Waals surface area (Å²) in [6.07, 6.45) is 5.64. The summed E-state index contributed by atoms with van der Waals surface area (Å²) in [6, 6.07) is 16.0. The Balaban J connectivity index is 0.00000289. The number of pyridine rings is 1. The average molecular weight is 549 g/mol. The lowest BCUT2D eigenvalue weighted by atomic mass is 10.2. The number of aromatic nitrogens is 1. The fourth-order valence-corrected chi connectivity index (χ4v) is 4.57. The normalized spacial score (nSPS) is 21.4. The number of aliphatic imine (C=N–C) groups is 1. The van der Waals surface area contributed by atoms with Gasteiger partial charge in [0.25, 0.3) is 0 Å². The molecule has 6 nitrogen and oxygen atoms in total. The van der Waals surface area contributed by atoms with E-state index in [9.17, 15) is 0 Å². The summed E-state index contributed by atoms with van der Waals surface area (Å²) in [5.74, 6) is 1.98. The smallest absolute Gasteiger partial charge is 0.191 e. The van der Waals surface area contributed by atoms with Gasteiger partial charge in [0.15, 0.2) is 5.96 Å². The zero-order valence-corrected chi connectivity index (χ0v) is 21.7. The van der Waals surface area contributed by atoms with Crippen molar-refractivity contribution in [3.63, 3.8) is 0 Å². The maximum absolute atomic E-state index is 4.83. The van der Waals surface area contributed by atoms with E-state index in [1.54, 1.807) is 0 Å². The minimum Gasteiger partial charge on any atom is -0.357 e. The van der Waals surface area contributed by atoms with E-state index in [1.165, 1.54) is 18.4 Å². The monoisotopic (exact) mass is 548 g/mol. The molecule has 2 atom stereocenters. The van der Waals surface area contributed by atoms with Crippen LogP contribution in [0.5, 0.6) is 0 Å². The first kappa shape index (κ1) is 24.8. The first-order chi connectivity index (χ1) is 15.2. The minimum atomic E-state index is 0. The number of nitrogens with zero attached hydrogens (tertiary/aromatic N) is 4. The van der Waals surface area contributed by atoms with E-state index >= 15 is 0 Å². The summed E-state index contributed by atoms with van der Waals surface area (Å²) in [6.45, 7) is 10.2. The molecule has 1 aromatic carbocycles. The van der Waals surface area contributed by atoms with Gasteiger partial charge >= 0.3 is 0 Å². The third-order valence-electron chi connectivity index (χ3n) is 6.28. The van der Waals surface area contributed by atoms with E-state index in [2.05, 4.69) is 81.7 Å². The predicted molar refractivity (Wildman–Crippen MR) is 144 cm³/mol. The molecular weight excluding hydrogens is 511 g/mol. The second kappa shape index (κ2) is 12.4. The van der Waals surface area contributed by atoms with Crippen molar-refractivity contribution in [1.29, 1.82) is 0 Å². The van der Waals surface area contributed by atoms with Crippen LogP contribution in [-0.2, 0) is 13.1 Å². The molecule has 0 amide bonds. The summed E-state index contributed by atoms with van der Waals surface area (Å²) >= 11 is 0. The van der Waals surface area contributed by atoms with Crippen molar-refractivity contribution in [2.45, 2.75) is 58.3 Å². The molecule has 2 saturated heterocycles. The summed E-state index contributed by atoms with van der Waals surface area (Å²) in [4.78, 5) is 14.4. The van der Waals surface area contributed by atoms with Crippen LogP contribution in [0, 0.1) is 0 Å². The Morgan fingerprint density at radius 3 is 2.56 bits per heavy atom. The quantitative estimate of drug-likeness (QED) is 0.311. The Labute approximate surface area is 209 Å². The molecular formula is C25H37IN6. The van der Waals surface area contributed by atoms with Crippen LogP contribution in [0.1, 0.15) is 44.2 Å². The summed E-state index contributed by atoms with van der Waals surface area (Å²) in [5, 5.41) is 7.07. The molecule has 2 fully saturated rings. The van der Waals surface area contributed by atoms with Gasteiger partial charge in [0.2, 0.25) is 0 Å². The standard InChI is InChI=1S/C25H36N6.HI/c1-3-26-25(28-17-22-11-12-24(27-16-22)30-13-7-8-14-30)29-23-15-20(2)31(19-23)18-21-9-5-4-6-10-21;/h4-6,9-12,16,20,23H,3,7-8,13-15,17-19H2,1-2H3,(H2,26,28,29);1H. The topological polar surface area (TPSA) is 55.8 Å². The van der Waals surface area contributed by atoms with Crippen molar-refractivity contribution in [2.75, 3.05) is 31.1 Å². The summed E-state index contributed by atoms with van der Waals surface area (Å²) in [7, 11) is 0. The van der Waals surface area contributed by atoms with E-state index in [0.717, 1.165) is 56.5 Å². The van der Waals surface area contributed by atoms with Crippen molar-refractivity contribution in [3.05, 3.63) is 59.8 Å². The Kier molecular flexibility index (Phi) is 9.59. The number of nitrogens with one attached hydrogen (secondary N) is 2. The van der Waals surface area contributed by atoms with Crippen LogP contribution >= 0.6 is 24.0 Å². The number of likely N-dealkylation sites (tertiary alicyclic amines) is 1. The lowest BCUT2D eigenvalue weighted by molar-refractivity contribution is 0.258. The van der Waals surface area contributed by atoms with Gasteiger partial charge in [-0.25, -0.2) is 9.98 Å². The average Bonchev–Trinajstić information content (AvgIpc) is 3.44. The number of anilines is 1. The molecule has 32 heavy (non-hydrogen) atoms. The minimum absolute atomic E-state index is 0. The van der Waals surface area contributed by atoms with Gasteiger partial charge in [-0.3, -0.25) is 4.90 Å².